The van der Waals surface area contributed by atoms with E-state index in [1.54, 1.807) is 26.4 Å². The first kappa shape index (κ1) is 20.8. The lowest BCUT2D eigenvalue weighted by atomic mass is 10.0. The van der Waals surface area contributed by atoms with Gasteiger partial charge in [0.25, 0.3) is 5.91 Å². The van der Waals surface area contributed by atoms with Crippen molar-refractivity contribution in [1.29, 1.82) is 0 Å². The molecule has 3 aromatic heterocycles. The van der Waals surface area contributed by atoms with Crippen LogP contribution in [0.3, 0.4) is 0 Å². The van der Waals surface area contributed by atoms with Crippen LogP contribution in [0.1, 0.15) is 15.2 Å². The van der Waals surface area contributed by atoms with Gasteiger partial charge in [-0.3, -0.25) is 4.79 Å². The molecule has 5 N–H and O–H groups in total. The number of hydrogen-bond acceptors (Lipinski definition) is 7. The van der Waals surface area contributed by atoms with Crippen LogP contribution in [0.15, 0.2) is 48.8 Å². The fourth-order valence-corrected chi connectivity index (χ4v) is 4.44. The summed E-state index contributed by atoms with van der Waals surface area (Å²) in [5, 5.41) is 7.11. The summed E-state index contributed by atoms with van der Waals surface area (Å²) in [7, 11) is 3.31. The van der Waals surface area contributed by atoms with E-state index in [-0.39, 0.29) is 11.9 Å². The highest BCUT2D eigenvalue weighted by Crippen LogP contribution is 2.35. The zero-order valence-corrected chi connectivity index (χ0v) is 18.1. The summed E-state index contributed by atoms with van der Waals surface area (Å²) in [6.45, 7) is 0.323. The predicted molar refractivity (Wildman–Crippen MR) is 124 cm³/mol. The second kappa shape index (κ2) is 9.15. The maximum absolute atomic E-state index is 13.1. The number of thiophene rings is 1. The third-order valence-corrected chi connectivity index (χ3v) is 6.15. The Bertz CT molecular complexity index is 1200. The fraction of sp³-hybridized carbons (Fsp3) is 0.227. The second-order valence-electron chi connectivity index (χ2n) is 6.99. The quantitative estimate of drug-likeness (QED) is 0.337. The van der Waals surface area contributed by atoms with E-state index >= 15 is 0 Å². The normalized spacial score (nSPS) is 12.0. The number of methoxy groups -OCH3 is 1. The molecule has 0 bridgehead atoms. The zero-order chi connectivity index (χ0) is 21.8. The van der Waals surface area contributed by atoms with Crippen molar-refractivity contribution in [3.05, 3.63) is 59.2 Å². The summed E-state index contributed by atoms with van der Waals surface area (Å²) >= 11 is 1.33. The predicted octanol–water partition coefficient (Wildman–Crippen LogP) is 3.04. The number of nitrogens with zero attached hydrogens (tertiary/aromatic N) is 2. The molecule has 9 heteroatoms. The third-order valence-electron chi connectivity index (χ3n) is 5.02. The summed E-state index contributed by atoms with van der Waals surface area (Å²) in [4.78, 5) is 26.2. The Morgan fingerprint density at radius 2 is 2.16 bits per heavy atom. The minimum absolute atomic E-state index is 0.211. The number of aromatic nitrogens is 3. The minimum Gasteiger partial charge on any atom is -0.495 e. The van der Waals surface area contributed by atoms with Crippen LogP contribution in [0.25, 0.3) is 21.5 Å². The van der Waals surface area contributed by atoms with Crippen molar-refractivity contribution in [2.75, 3.05) is 26.0 Å². The Balaban J connectivity index is 1.54. The third kappa shape index (κ3) is 4.37. The van der Waals surface area contributed by atoms with Crippen molar-refractivity contribution in [2.24, 2.45) is 5.73 Å². The van der Waals surface area contributed by atoms with Crippen molar-refractivity contribution in [3.63, 3.8) is 0 Å². The van der Waals surface area contributed by atoms with Crippen LogP contribution >= 0.6 is 11.3 Å². The number of amides is 1. The molecule has 0 unspecified atom stereocenters. The van der Waals surface area contributed by atoms with Crippen molar-refractivity contribution < 1.29 is 9.53 Å². The SMILES string of the molecule is CNc1nccc(-c2cc(OC)c(C(=O)N[C@H](CN)Cc3c[nH]c4ccccc34)s2)n1. The standard InChI is InChI=1S/C22H24N6O2S/c1-24-22-25-8-7-17(28-22)19-10-18(30-2)20(31-19)21(29)27-14(11-23)9-13-12-26-16-6-4-3-5-15(13)16/h3-8,10,12,14,26H,9,11,23H2,1-2H3,(H,27,29)(H,24,25,28)/t14-/m0/s1. The molecule has 0 fully saturated rings. The number of H-pyrrole nitrogens is 1. The number of nitrogens with one attached hydrogen (secondary N) is 3. The van der Waals surface area contributed by atoms with Gasteiger partial charge in [-0.1, -0.05) is 18.2 Å². The Labute approximate surface area is 183 Å². The molecule has 1 atom stereocenters. The number of fused-ring (bicyclic) bond motifs is 1. The van der Waals surface area contributed by atoms with Gasteiger partial charge in [-0.2, -0.15) is 0 Å². The number of carbonyl (C=O) groups is 1. The topological polar surface area (TPSA) is 118 Å². The number of benzene rings is 1. The monoisotopic (exact) mass is 436 g/mol. The highest BCUT2D eigenvalue weighted by Gasteiger charge is 2.22. The van der Waals surface area contributed by atoms with Crippen LogP contribution < -0.4 is 21.1 Å². The first-order valence-corrected chi connectivity index (χ1v) is 10.7. The Morgan fingerprint density at radius 3 is 2.94 bits per heavy atom. The number of anilines is 1. The molecule has 1 aromatic carbocycles. The lowest BCUT2D eigenvalue weighted by Crippen LogP contribution is -2.41. The number of rotatable bonds is 8. The van der Waals surface area contributed by atoms with E-state index in [2.05, 4.69) is 31.7 Å². The summed E-state index contributed by atoms with van der Waals surface area (Å²) in [5.74, 6) is 0.800. The summed E-state index contributed by atoms with van der Waals surface area (Å²) in [5.41, 5.74) is 8.88. The van der Waals surface area contributed by atoms with Crippen LogP contribution in [0.2, 0.25) is 0 Å². The number of nitrogens with two attached hydrogens (primary N) is 1. The Hall–Kier alpha value is -3.43. The van der Waals surface area contributed by atoms with Crippen LogP contribution in [0.5, 0.6) is 5.75 Å². The van der Waals surface area contributed by atoms with Gasteiger partial charge in [0.2, 0.25) is 5.95 Å². The van der Waals surface area contributed by atoms with E-state index in [4.69, 9.17) is 10.5 Å². The smallest absolute Gasteiger partial charge is 0.265 e. The number of para-hydroxylation sites is 1. The van der Waals surface area contributed by atoms with E-state index in [0.717, 1.165) is 27.0 Å². The van der Waals surface area contributed by atoms with Crippen LogP contribution in [-0.4, -0.2) is 47.6 Å². The molecule has 3 heterocycles. The van der Waals surface area contributed by atoms with Gasteiger partial charge in [0.1, 0.15) is 10.6 Å². The molecule has 1 amide bonds. The number of aromatic amines is 1. The highest BCUT2D eigenvalue weighted by atomic mass is 32.1. The van der Waals surface area contributed by atoms with Crippen molar-refractivity contribution in [1.82, 2.24) is 20.3 Å². The second-order valence-corrected chi connectivity index (χ2v) is 8.05. The molecule has 0 radical (unpaired) electrons. The fourth-order valence-electron chi connectivity index (χ4n) is 3.44. The number of ether oxygens (including phenoxy) is 1. The minimum atomic E-state index is -0.216. The van der Waals surface area contributed by atoms with Crippen molar-refractivity contribution in [2.45, 2.75) is 12.5 Å². The largest absolute Gasteiger partial charge is 0.495 e. The van der Waals surface area contributed by atoms with Crippen molar-refractivity contribution in [3.8, 4) is 16.3 Å². The molecule has 8 nitrogen and oxygen atoms in total. The first-order chi connectivity index (χ1) is 15.1. The van der Waals surface area contributed by atoms with Gasteiger partial charge in [-0.25, -0.2) is 9.97 Å². The molecule has 160 valence electrons. The first-order valence-electron chi connectivity index (χ1n) is 9.87. The average Bonchev–Trinajstić information content (AvgIpc) is 3.43. The van der Waals surface area contributed by atoms with Crippen LogP contribution in [-0.2, 0) is 6.42 Å². The van der Waals surface area contributed by atoms with Gasteiger partial charge in [0.15, 0.2) is 0 Å². The molecule has 0 aliphatic rings. The molecule has 0 aliphatic heterocycles. The lowest BCUT2D eigenvalue weighted by Gasteiger charge is -2.16. The molecule has 0 aliphatic carbocycles. The number of hydrogen-bond donors (Lipinski definition) is 4. The summed E-state index contributed by atoms with van der Waals surface area (Å²) in [6.07, 6.45) is 4.27. The molecule has 31 heavy (non-hydrogen) atoms. The van der Waals surface area contributed by atoms with Crippen LogP contribution in [0, 0.1) is 0 Å². The van der Waals surface area contributed by atoms with Gasteiger partial charge in [0, 0.05) is 49.0 Å². The molecular weight excluding hydrogens is 412 g/mol. The highest BCUT2D eigenvalue weighted by molar-refractivity contribution is 7.17. The van der Waals surface area contributed by atoms with Gasteiger partial charge in [-0.05, 0) is 24.1 Å². The maximum Gasteiger partial charge on any atom is 0.265 e. The van der Waals surface area contributed by atoms with E-state index in [1.165, 1.54) is 11.3 Å². The lowest BCUT2D eigenvalue weighted by molar-refractivity contribution is 0.0939. The molecule has 0 saturated carbocycles. The van der Waals surface area contributed by atoms with Gasteiger partial charge >= 0.3 is 0 Å². The van der Waals surface area contributed by atoms with E-state index in [1.807, 2.05) is 30.5 Å². The molecule has 4 aromatic rings. The molecule has 0 spiro atoms. The van der Waals surface area contributed by atoms with Gasteiger partial charge in [-0.15, -0.1) is 11.3 Å². The average molecular weight is 437 g/mol. The van der Waals surface area contributed by atoms with E-state index < -0.39 is 0 Å². The molecule has 4 rings (SSSR count). The van der Waals surface area contributed by atoms with Gasteiger partial charge in [0.05, 0.1) is 17.7 Å². The van der Waals surface area contributed by atoms with E-state index in [9.17, 15) is 4.79 Å². The van der Waals surface area contributed by atoms with Crippen molar-refractivity contribution >= 4 is 34.1 Å². The summed E-state index contributed by atoms with van der Waals surface area (Å²) < 4.78 is 5.46. The maximum atomic E-state index is 13.1. The Kier molecular flexibility index (Phi) is 6.15. The molecule has 0 saturated heterocycles. The number of carbonyl (C=O) groups excluding carboxylic acids is 1. The van der Waals surface area contributed by atoms with Gasteiger partial charge < -0.3 is 26.1 Å². The summed E-state index contributed by atoms with van der Waals surface area (Å²) in [6, 6.07) is 11.5. The van der Waals surface area contributed by atoms with E-state index in [0.29, 0.717) is 29.5 Å². The van der Waals surface area contributed by atoms with Crippen LogP contribution in [0.4, 0.5) is 5.95 Å². The Morgan fingerprint density at radius 1 is 1.32 bits per heavy atom. The zero-order valence-electron chi connectivity index (χ0n) is 17.3. The molecular formula is C22H24N6O2S.